The minimum Gasteiger partial charge on any atom is -0.456 e. The van der Waals surface area contributed by atoms with Crippen molar-refractivity contribution in [2.75, 3.05) is 0 Å². The molecule has 0 aliphatic carbocycles. The highest BCUT2D eigenvalue weighted by atomic mass is 16.3. The number of fused-ring (bicyclic) bond motifs is 9. The first kappa shape index (κ1) is 22.1. The van der Waals surface area contributed by atoms with Crippen molar-refractivity contribution in [1.82, 2.24) is 9.13 Å². The third-order valence-corrected chi connectivity index (χ3v) is 8.36. The smallest absolute Gasteiger partial charge is 0.139 e. The van der Waals surface area contributed by atoms with Crippen LogP contribution >= 0.6 is 0 Å². The van der Waals surface area contributed by atoms with Gasteiger partial charge < -0.3 is 13.6 Å². The molecule has 190 valence electrons. The lowest BCUT2D eigenvalue weighted by molar-refractivity contribution is 0.668. The number of hydrogen-bond donors (Lipinski definition) is 0. The zero-order chi connectivity index (χ0) is 27.1. The average molecular weight is 524 g/mol. The average Bonchev–Trinajstić information content (AvgIpc) is 3.68. The molecule has 9 rings (SSSR count). The molecule has 0 spiro atoms. The van der Waals surface area contributed by atoms with Crippen LogP contribution in [0, 0.1) is 11.3 Å². The van der Waals surface area contributed by atoms with E-state index in [1.807, 2.05) is 24.3 Å². The zero-order valence-corrected chi connectivity index (χ0v) is 21.9. The van der Waals surface area contributed by atoms with E-state index in [4.69, 9.17) is 4.42 Å². The Morgan fingerprint density at radius 2 is 0.927 bits per heavy atom. The van der Waals surface area contributed by atoms with Crippen molar-refractivity contribution in [2.45, 2.75) is 0 Å². The second kappa shape index (κ2) is 8.11. The maximum atomic E-state index is 11.0. The number of rotatable bonds is 2. The van der Waals surface area contributed by atoms with E-state index in [0.717, 1.165) is 76.9 Å². The zero-order valence-electron chi connectivity index (χ0n) is 21.9. The van der Waals surface area contributed by atoms with E-state index in [1.165, 1.54) is 0 Å². The van der Waals surface area contributed by atoms with Gasteiger partial charge in [0, 0.05) is 33.0 Å². The Kier molecular flexibility index (Phi) is 4.37. The van der Waals surface area contributed by atoms with Crippen LogP contribution in [0.4, 0.5) is 0 Å². The van der Waals surface area contributed by atoms with Crippen molar-refractivity contribution in [2.24, 2.45) is 0 Å². The molecule has 3 heterocycles. The summed E-state index contributed by atoms with van der Waals surface area (Å²) in [6, 6.07) is 46.4. The molecule has 3 aromatic heterocycles. The van der Waals surface area contributed by atoms with Gasteiger partial charge in [-0.05, 0) is 30.3 Å². The fourth-order valence-electron chi connectivity index (χ4n) is 6.71. The van der Waals surface area contributed by atoms with Gasteiger partial charge in [-0.3, -0.25) is 0 Å². The molecule has 0 bridgehead atoms. The summed E-state index contributed by atoms with van der Waals surface area (Å²) in [4.78, 5) is 0. The van der Waals surface area contributed by atoms with Crippen molar-refractivity contribution in [3.63, 3.8) is 0 Å². The van der Waals surface area contributed by atoms with Crippen molar-refractivity contribution in [3.05, 3.63) is 133 Å². The number of para-hydroxylation sites is 5. The number of furan rings is 1. The maximum Gasteiger partial charge on any atom is 0.139 e. The first-order chi connectivity index (χ1) is 20.3. The van der Waals surface area contributed by atoms with Crippen LogP contribution in [0.5, 0.6) is 0 Å². The third-order valence-electron chi connectivity index (χ3n) is 8.36. The summed E-state index contributed by atoms with van der Waals surface area (Å²) in [6.45, 7) is 0. The van der Waals surface area contributed by atoms with Gasteiger partial charge in [0.1, 0.15) is 22.8 Å². The van der Waals surface area contributed by atoms with E-state index in [2.05, 4.69) is 118 Å². The van der Waals surface area contributed by atoms with E-state index in [9.17, 15) is 5.26 Å². The molecule has 0 fully saturated rings. The van der Waals surface area contributed by atoms with Crippen LogP contribution in [-0.4, -0.2) is 9.13 Å². The van der Waals surface area contributed by atoms with Gasteiger partial charge in [-0.25, -0.2) is 0 Å². The van der Waals surface area contributed by atoms with Crippen LogP contribution in [0.15, 0.2) is 132 Å². The Hall–Kier alpha value is -5.79. The summed E-state index contributed by atoms with van der Waals surface area (Å²) < 4.78 is 11.0. The lowest BCUT2D eigenvalue weighted by Crippen LogP contribution is -2.05. The fraction of sp³-hybridized carbons (Fsp3) is 0. The van der Waals surface area contributed by atoms with Gasteiger partial charge >= 0.3 is 0 Å². The summed E-state index contributed by atoms with van der Waals surface area (Å²) in [5.41, 5.74) is 7.99. The molecule has 9 aromatic rings. The van der Waals surface area contributed by atoms with Gasteiger partial charge in [0.25, 0.3) is 0 Å². The first-order valence-electron chi connectivity index (χ1n) is 13.7. The van der Waals surface area contributed by atoms with E-state index < -0.39 is 0 Å². The quantitative estimate of drug-likeness (QED) is 0.226. The molecular formula is C37H21N3O. The second-order valence-electron chi connectivity index (χ2n) is 10.4. The van der Waals surface area contributed by atoms with Crippen molar-refractivity contribution in [3.8, 4) is 17.4 Å². The van der Waals surface area contributed by atoms with Crippen molar-refractivity contribution >= 4 is 65.6 Å². The highest BCUT2D eigenvalue weighted by Gasteiger charge is 2.25. The SMILES string of the molecule is N#Cc1c(-n2c3ccccc3c3ccccc32)cc2oc3ccccc3c2c1-n1c2ccccc2c2ccccc21. The minimum atomic E-state index is 0.599. The summed E-state index contributed by atoms with van der Waals surface area (Å²) >= 11 is 0. The molecule has 0 unspecified atom stereocenters. The van der Waals surface area contributed by atoms with Crippen LogP contribution in [0.2, 0.25) is 0 Å². The largest absolute Gasteiger partial charge is 0.456 e. The van der Waals surface area contributed by atoms with Crippen LogP contribution < -0.4 is 0 Å². The van der Waals surface area contributed by atoms with Gasteiger partial charge in [-0.1, -0.05) is 91.0 Å². The summed E-state index contributed by atoms with van der Waals surface area (Å²) in [5.74, 6) is 0. The molecule has 6 aromatic carbocycles. The molecule has 0 amide bonds. The Labute approximate surface area is 234 Å². The highest BCUT2D eigenvalue weighted by molar-refractivity contribution is 6.16. The summed E-state index contributed by atoms with van der Waals surface area (Å²) in [6.07, 6.45) is 0. The van der Waals surface area contributed by atoms with Gasteiger partial charge in [0.2, 0.25) is 0 Å². The normalized spacial score (nSPS) is 11.9. The Morgan fingerprint density at radius 3 is 1.44 bits per heavy atom. The number of nitriles is 1. The van der Waals surface area contributed by atoms with Crippen LogP contribution in [0.3, 0.4) is 0 Å². The van der Waals surface area contributed by atoms with Crippen LogP contribution in [-0.2, 0) is 0 Å². The number of benzene rings is 6. The van der Waals surface area contributed by atoms with E-state index in [0.29, 0.717) is 5.56 Å². The van der Waals surface area contributed by atoms with E-state index in [1.54, 1.807) is 0 Å². The Balaban J connectivity index is 1.56. The molecule has 0 aliphatic heterocycles. The van der Waals surface area contributed by atoms with Crippen molar-refractivity contribution in [1.29, 1.82) is 5.26 Å². The molecule has 0 saturated carbocycles. The van der Waals surface area contributed by atoms with Gasteiger partial charge in [-0.2, -0.15) is 5.26 Å². The fourth-order valence-corrected chi connectivity index (χ4v) is 6.71. The predicted octanol–water partition coefficient (Wildman–Crippen LogP) is 9.65. The molecule has 0 atom stereocenters. The maximum absolute atomic E-state index is 11.0. The molecule has 4 nitrogen and oxygen atoms in total. The van der Waals surface area contributed by atoms with E-state index in [-0.39, 0.29) is 0 Å². The lowest BCUT2D eigenvalue weighted by atomic mass is 10.0. The molecule has 0 N–H and O–H groups in total. The predicted molar refractivity (Wildman–Crippen MR) is 167 cm³/mol. The number of aromatic nitrogens is 2. The summed E-state index contributed by atoms with van der Waals surface area (Å²) in [7, 11) is 0. The standard InChI is InChI=1S/C37H21N3O/c38-22-28-33(39-29-16-6-1-11-23(29)24-12-2-7-17-30(24)39)21-35-36(27-15-5-10-20-34(27)41-35)37(28)40-31-18-8-3-13-25(31)26-14-4-9-19-32(26)40/h1-21H. The minimum absolute atomic E-state index is 0.599. The van der Waals surface area contributed by atoms with Crippen LogP contribution in [0.25, 0.3) is 76.9 Å². The van der Waals surface area contributed by atoms with Gasteiger partial charge in [0.15, 0.2) is 0 Å². The van der Waals surface area contributed by atoms with E-state index >= 15 is 0 Å². The molecule has 0 radical (unpaired) electrons. The van der Waals surface area contributed by atoms with Gasteiger partial charge in [0.05, 0.1) is 38.8 Å². The topological polar surface area (TPSA) is 46.8 Å². The molecule has 0 saturated heterocycles. The molecule has 4 heteroatoms. The Morgan fingerprint density at radius 1 is 0.488 bits per heavy atom. The highest BCUT2D eigenvalue weighted by Crippen LogP contribution is 2.43. The van der Waals surface area contributed by atoms with Crippen LogP contribution in [0.1, 0.15) is 5.56 Å². The Bertz CT molecular complexity index is 2450. The molecule has 0 aliphatic rings. The number of hydrogen-bond acceptors (Lipinski definition) is 2. The number of nitrogens with zero attached hydrogens (tertiary/aromatic N) is 3. The lowest BCUT2D eigenvalue weighted by Gasteiger charge is -2.17. The van der Waals surface area contributed by atoms with Crippen molar-refractivity contribution < 1.29 is 4.42 Å². The second-order valence-corrected chi connectivity index (χ2v) is 10.4. The van der Waals surface area contributed by atoms with Gasteiger partial charge in [-0.15, -0.1) is 0 Å². The summed E-state index contributed by atoms with van der Waals surface area (Å²) in [5, 5.41) is 17.6. The first-order valence-corrected chi connectivity index (χ1v) is 13.7. The third kappa shape index (κ3) is 2.87. The monoisotopic (exact) mass is 523 g/mol. The molecule has 41 heavy (non-hydrogen) atoms. The molecular weight excluding hydrogens is 502 g/mol.